The Kier molecular flexibility index (Phi) is 5.15. The summed E-state index contributed by atoms with van der Waals surface area (Å²) >= 11 is 0. The van der Waals surface area contributed by atoms with Gasteiger partial charge in [0.25, 0.3) is 0 Å². The molecule has 1 heterocycles. The van der Waals surface area contributed by atoms with Crippen molar-refractivity contribution >= 4 is 0 Å². The van der Waals surface area contributed by atoms with E-state index in [0.29, 0.717) is 6.54 Å². The third kappa shape index (κ3) is 5.82. The largest absolute Gasteiger partial charge is 0.573 e. The summed E-state index contributed by atoms with van der Waals surface area (Å²) in [7, 11) is 0. The van der Waals surface area contributed by atoms with Gasteiger partial charge in [-0.1, -0.05) is 12.1 Å². The van der Waals surface area contributed by atoms with Gasteiger partial charge >= 0.3 is 6.36 Å². The average molecular weight is 300 g/mol. The van der Waals surface area contributed by atoms with Crippen LogP contribution in [0.5, 0.6) is 5.75 Å². The van der Waals surface area contributed by atoms with Crippen molar-refractivity contribution in [2.75, 3.05) is 6.54 Å². The normalized spacial score (nSPS) is 11.6. The number of alkyl halides is 3. The summed E-state index contributed by atoms with van der Waals surface area (Å²) in [5, 5.41) is 9.74. The zero-order chi connectivity index (χ0) is 15.1. The van der Waals surface area contributed by atoms with E-state index in [4.69, 9.17) is 0 Å². The second-order valence-corrected chi connectivity index (χ2v) is 4.40. The predicted molar refractivity (Wildman–Crippen MR) is 69.5 cm³/mol. The Balaban J connectivity index is 1.66. The maximum absolute atomic E-state index is 12.0. The lowest BCUT2D eigenvalue weighted by molar-refractivity contribution is -0.274. The molecule has 0 bridgehead atoms. The summed E-state index contributed by atoms with van der Waals surface area (Å²) in [6, 6.07) is 5.81. The minimum Gasteiger partial charge on any atom is -0.406 e. The van der Waals surface area contributed by atoms with Crippen LogP contribution in [0.15, 0.2) is 30.6 Å². The van der Waals surface area contributed by atoms with E-state index in [2.05, 4.69) is 25.2 Å². The van der Waals surface area contributed by atoms with Gasteiger partial charge < -0.3 is 10.1 Å². The number of benzene rings is 1. The first-order valence-electron chi connectivity index (χ1n) is 6.42. The summed E-state index contributed by atoms with van der Waals surface area (Å²) in [6.07, 6.45) is -1.50. The van der Waals surface area contributed by atoms with E-state index < -0.39 is 6.36 Å². The van der Waals surface area contributed by atoms with Gasteiger partial charge in [0.05, 0.1) is 0 Å². The Bertz CT molecular complexity index is 525. The van der Waals surface area contributed by atoms with E-state index in [-0.39, 0.29) is 5.75 Å². The Morgan fingerprint density at radius 1 is 1.19 bits per heavy atom. The molecule has 0 aliphatic carbocycles. The maximum Gasteiger partial charge on any atom is 0.573 e. The van der Waals surface area contributed by atoms with Crippen LogP contribution in [0.4, 0.5) is 13.2 Å². The number of rotatable bonds is 7. The van der Waals surface area contributed by atoms with Crippen molar-refractivity contribution in [1.29, 1.82) is 0 Å². The van der Waals surface area contributed by atoms with Crippen LogP contribution in [0, 0.1) is 0 Å². The molecule has 1 aromatic carbocycles. The molecule has 1 aromatic heterocycles. The zero-order valence-corrected chi connectivity index (χ0v) is 11.2. The van der Waals surface area contributed by atoms with Crippen LogP contribution in [0.25, 0.3) is 0 Å². The quantitative estimate of drug-likeness (QED) is 0.771. The molecule has 2 rings (SSSR count). The number of aromatic nitrogens is 3. The molecule has 0 saturated carbocycles. The van der Waals surface area contributed by atoms with E-state index in [1.807, 2.05) is 0 Å². The first-order chi connectivity index (χ1) is 10.0. The van der Waals surface area contributed by atoms with Gasteiger partial charge in [-0.15, -0.1) is 13.2 Å². The summed E-state index contributed by atoms with van der Waals surface area (Å²) < 4.78 is 39.8. The van der Waals surface area contributed by atoms with Crippen LogP contribution in [-0.4, -0.2) is 28.1 Å². The van der Waals surface area contributed by atoms with Gasteiger partial charge in [-0.25, -0.2) is 4.98 Å². The molecule has 0 radical (unpaired) electrons. The maximum atomic E-state index is 12.0. The van der Waals surface area contributed by atoms with Gasteiger partial charge in [-0.05, 0) is 30.7 Å². The molecule has 114 valence electrons. The molecule has 2 N–H and O–H groups in total. The molecule has 8 heteroatoms. The third-order valence-electron chi connectivity index (χ3n) is 2.72. The SMILES string of the molecule is FC(F)(F)Oc1ccc(CNCCCc2ncn[nH]2)cc1. The van der Waals surface area contributed by atoms with Crippen LogP contribution < -0.4 is 10.1 Å². The van der Waals surface area contributed by atoms with Crippen molar-refractivity contribution in [3.05, 3.63) is 42.0 Å². The summed E-state index contributed by atoms with van der Waals surface area (Å²) in [6.45, 7) is 1.37. The fraction of sp³-hybridized carbons (Fsp3) is 0.385. The number of halogens is 3. The lowest BCUT2D eigenvalue weighted by Crippen LogP contribution is -2.17. The van der Waals surface area contributed by atoms with Crippen LogP contribution >= 0.6 is 0 Å². The van der Waals surface area contributed by atoms with E-state index in [1.165, 1.54) is 18.5 Å². The first kappa shape index (κ1) is 15.3. The average Bonchev–Trinajstić information content (AvgIpc) is 2.92. The lowest BCUT2D eigenvalue weighted by Gasteiger charge is -2.09. The molecular formula is C13H15F3N4O. The second-order valence-electron chi connectivity index (χ2n) is 4.40. The molecule has 0 unspecified atom stereocenters. The van der Waals surface area contributed by atoms with Gasteiger partial charge in [0.2, 0.25) is 0 Å². The number of nitrogens with one attached hydrogen (secondary N) is 2. The number of hydrogen-bond acceptors (Lipinski definition) is 4. The van der Waals surface area contributed by atoms with Crippen LogP contribution in [-0.2, 0) is 13.0 Å². The van der Waals surface area contributed by atoms with Crippen molar-refractivity contribution in [3.63, 3.8) is 0 Å². The van der Waals surface area contributed by atoms with E-state index >= 15 is 0 Å². The minimum atomic E-state index is -4.65. The summed E-state index contributed by atoms with van der Waals surface area (Å²) in [5.74, 6) is 0.627. The highest BCUT2D eigenvalue weighted by molar-refractivity contribution is 5.27. The van der Waals surface area contributed by atoms with Gasteiger partial charge in [-0.3, -0.25) is 5.10 Å². The fourth-order valence-corrected chi connectivity index (χ4v) is 1.77. The molecule has 0 aliphatic rings. The molecule has 21 heavy (non-hydrogen) atoms. The van der Waals surface area contributed by atoms with E-state index in [9.17, 15) is 13.2 Å². The number of nitrogens with zero attached hydrogens (tertiary/aromatic N) is 2. The number of ether oxygens (including phenoxy) is 1. The molecule has 0 spiro atoms. The first-order valence-corrected chi connectivity index (χ1v) is 6.42. The second kappa shape index (κ2) is 7.07. The number of aromatic amines is 1. The van der Waals surface area contributed by atoms with Gasteiger partial charge in [0, 0.05) is 13.0 Å². The van der Waals surface area contributed by atoms with E-state index in [0.717, 1.165) is 30.8 Å². The van der Waals surface area contributed by atoms with Gasteiger partial charge in [-0.2, -0.15) is 5.10 Å². The summed E-state index contributed by atoms with van der Waals surface area (Å²) in [4.78, 5) is 4.01. The monoisotopic (exact) mass is 300 g/mol. The molecular weight excluding hydrogens is 285 g/mol. The number of hydrogen-bond donors (Lipinski definition) is 2. The highest BCUT2D eigenvalue weighted by Crippen LogP contribution is 2.22. The molecule has 0 fully saturated rings. The van der Waals surface area contributed by atoms with Crippen LogP contribution in [0.2, 0.25) is 0 Å². The van der Waals surface area contributed by atoms with Gasteiger partial charge in [0.15, 0.2) is 0 Å². The predicted octanol–water partition coefficient (Wildman–Crippen LogP) is 2.43. The number of H-pyrrole nitrogens is 1. The fourth-order valence-electron chi connectivity index (χ4n) is 1.77. The molecule has 0 atom stereocenters. The molecule has 2 aromatic rings. The zero-order valence-electron chi connectivity index (χ0n) is 11.2. The molecule has 5 nitrogen and oxygen atoms in total. The van der Waals surface area contributed by atoms with Crippen molar-refractivity contribution in [3.8, 4) is 5.75 Å². The van der Waals surface area contributed by atoms with Crippen molar-refractivity contribution < 1.29 is 17.9 Å². The number of aryl methyl sites for hydroxylation is 1. The standard InChI is InChI=1S/C13H15F3N4O/c14-13(15,16)21-11-5-3-10(4-6-11)8-17-7-1-2-12-18-9-19-20-12/h3-6,9,17H,1-2,7-8H2,(H,18,19,20). The molecule has 0 amide bonds. The van der Waals surface area contributed by atoms with E-state index in [1.54, 1.807) is 12.1 Å². The summed E-state index contributed by atoms with van der Waals surface area (Å²) in [5.41, 5.74) is 0.893. The highest BCUT2D eigenvalue weighted by Gasteiger charge is 2.30. The third-order valence-corrected chi connectivity index (χ3v) is 2.72. The molecule has 0 saturated heterocycles. The highest BCUT2D eigenvalue weighted by atomic mass is 19.4. The Hall–Kier alpha value is -2.09. The Morgan fingerprint density at radius 2 is 1.95 bits per heavy atom. The lowest BCUT2D eigenvalue weighted by atomic mass is 10.2. The topological polar surface area (TPSA) is 62.8 Å². The van der Waals surface area contributed by atoms with Crippen molar-refractivity contribution in [2.45, 2.75) is 25.7 Å². The van der Waals surface area contributed by atoms with Gasteiger partial charge in [0.1, 0.15) is 17.9 Å². The minimum absolute atomic E-state index is 0.212. The Morgan fingerprint density at radius 3 is 2.57 bits per heavy atom. The van der Waals surface area contributed by atoms with Crippen molar-refractivity contribution in [1.82, 2.24) is 20.5 Å². The molecule has 0 aliphatic heterocycles. The smallest absolute Gasteiger partial charge is 0.406 e. The van der Waals surface area contributed by atoms with Crippen LogP contribution in [0.1, 0.15) is 17.8 Å². The van der Waals surface area contributed by atoms with Crippen LogP contribution in [0.3, 0.4) is 0 Å². The Labute approximate surface area is 119 Å². The van der Waals surface area contributed by atoms with Crippen molar-refractivity contribution in [2.24, 2.45) is 0 Å².